The van der Waals surface area contributed by atoms with E-state index in [1.165, 1.54) is 30.3 Å². The largest absolute Gasteiger partial charge is 0.871 e. The van der Waals surface area contributed by atoms with Gasteiger partial charge in [0.2, 0.25) is 0 Å². The first kappa shape index (κ1) is 25.2. The number of ketones is 1. The number of benzene rings is 4. The fourth-order valence-corrected chi connectivity index (χ4v) is 4.62. The summed E-state index contributed by atoms with van der Waals surface area (Å²) in [4.78, 5) is 37.5. The van der Waals surface area contributed by atoms with Crippen molar-refractivity contribution in [2.24, 2.45) is 5.92 Å². The molecule has 0 fully saturated rings. The predicted molar refractivity (Wildman–Crippen MR) is 141 cm³/mol. The van der Waals surface area contributed by atoms with Gasteiger partial charge in [0, 0.05) is 17.2 Å². The maximum absolute atomic E-state index is 14.1. The highest BCUT2D eigenvalue weighted by Crippen LogP contribution is 2.41. The summed E-state index contributed by atoms with van der Waals surface area (Å²) in [6.45, 7) is 0. The van der Waals surface area contributed by atoms with E-state index in [1.54, 1.807) is 42.5 Å². The van der Waals surface area contributed by atoms with E-state index < -0.39 is 40.3 Å². The van der Waals surface area contributed by atoms with E-state index in [9.17, 15) is 29.9 Å². The summed E-state index contributed by atoms with van der Waals surface area (Å²) < 4.78 is 5.52. The molecule has 1 heterocycles. The van der Waals surface area contributed by atoms with E-state index in [-0.39, 0.29) is 22.5 Å². The fourth-order valence-electron chi connectivity index (χ4n) is 4.62. The number of hydrogen-bond donors (Lipinski definition) is 2. The second kappa shape index (κ2) is 10.5. The molecule has 9 heteroatoms. The topological polar surface area (TPSA) is 142 Å². The Kier molecular flexibility index (Phi) is 6.79. The average molecular weight is 522 g/mol. The number of ether oxygens (including phenoxy) is 1. The first-order valence-corrected chi connectivity index (χ1v) is 12.0. The fraction of sp³-hybridized carbons (Fsp3) is 0.0667. The molecule has 2 N–H and O–H groups in total. The van der Waals surface area contributed by atoms with E-state index in [0.29, 0.717) is 11.1 Å². The zero-order chi connectivity index (χ0) is 27.5. The lowest BCUT2D eigenvalue weighted by atomic mass is 9.84. The molecule has 0 saturated heterocycles. The molecule has 4 aromatic rings. The highest BCUT2D eigenvalue weighted by molar-refractivity contribution is 6.06. The number of carbonyl (C=O) groups is 2. The molecule has 0 aromatic heterocycles. The van der Waals surface area contributed by atoms with Crippen molar-refractivity contribution in [3.05, 3.63) is 142 Å². The summed E-state index contributed by atoms with van der Waals surface area (Å²) in [5.41, 5.74) is 1.45. The Labute approximate surface area is 222 Å². The molecule has 2 atom stereocenters. The number of aliphatic hydroxyl groups excluding tert-OH is 1. The van der Waals surface area contributed by atoms with Gasteiger partial charge >= 0.3 is 5.97 Å². The van der Waals surface area contributed by atoms with Crippen LogP contribution in [-0.2, 0) is 4.74 Å². The van der Waals surface area contributed by atoms with E-state index in [1.807, 2.05) is 30.3 Å². The molecule has 0 bridgehead atoms. The number of nitro groups is 1. The van der Waals surface area contributed by atoms with Crippen molar-refractivity contribution in [1.82, 2.24) is 0 Å². The number of Topliss-reactive ketones (excluding diaryl/α,β-unsaturated/α-hetero) is 1. The average Bonchev–Trinajstić information content (AvgIpc) is 3.29. The summed E-state index contributed by atoms with van der Waals surface area (Å²) in [7, 11) is 0. The number of carbonyl (C=O) groups excluding carboxylic acids is 2. The van der Waals surface area contributed by atoms with Gasteiger partial charge in [-0.1, -0.05) is 90.7 Å². The van der Waals surface area contributed by atoms with E-state index in [4.69, 9.17) is 4.74 Å². The number of rotatable bonds is 8. The number of para-hydroxylation sites is 2. The van der Waals surface area contributed by atoms with Crippen LogP contribution in [0.2, 0.25) is 0 Å². The van der Waals surface area contributed by atoms with Crippen LogP contribution >= 0.6 is 0 Å². The summed E-state index contributed by atoms with van der Waals surface area (Å²) in [5, 5.41) is 38.4. The zero-order valence-corrected chi connectivity index (χ0v) is 20.3. The number of nitrogens with one attached hydrogen (secondary N) is 1. The molecule has 0 radical (unpaired) electrons. The lowest BCUT2D eigenvalue weighted by Gasteiger charge is -2.30. The number of nitro benzene ring substituents is 1. The smallest absolute Gasteiger partial charge is 0.339 e. The molecule has 0 saturated carbocycles. The van der Waals surface area contributed by atoms with E-state index >= 15 is 0 Å². The van der Waals surface area contributed by atoms with Crippen LogP contribution < -0.4 is 10.4 Å². The van der Waals surface area contributed by atoms with Crippen LogP contribution in [-0.4, -0.2) is 21.8 Å². The van der Waals surface area contributed by atoms with Crippen LogP contribution in [0.4, 0.5) is 11.4 Å². The van der Waals surface area contributed by atoms with Gasteiger partial charge in [0.25, 0.3) is 5.69 Å². The molecule has 9 nitrogen and oxygen atoms in total. The third kappa shape index (κ3) is 4.80. The van der Waals surface area contributed by atoms with Crippen LogP contribution in [0.5, 0.6) is 0 Å². The van der Waals surface area contributed by atoms with Crippen LogP contribution in [0.25, 0.3) is 11.1 Å². The third-order valence-electron chi connectivity index (χ3n) is 6.45. The molecule has 4 aromatic carbocycles. The number of hydrogen-bond acceptors (Lipinski definition) is 8. The van der Waals surface area contributed by atoms with Gasteiger partial charge in [-0.2, -0.15) is 0 Å². The molecular weight excluding hydrogens is 500 g/mol. The monoisotopic (exact) mass is 521 g/mol. The lowest BCUT2D eigenvalue weighted by Crippen LogP contribution is -2.33. The Morgan fingerprint density at radius 1 is 0.872 bits per heavy atom. The quantitative estimate of drug-likeness (QED) is 0.106. The van der Waals surface area contributed by atoms with Crippen molar-refractivity contribution < 1.29 is 29.5 Å². The maximum atomic E-state index is 14.1. The number of cyclic esters (lactones) is 1. The Hall–Kier alpha value is -5.44. The van der Waals surface area contributed by atoms with Crippen molar-refractivity contribution in [3.63, 3.8) is 0 Å². The number of nitrogens with zero attached hydrogens (tertiary/aromatic N) is 1. The Balaban J connectivity index is 1.64. The first-order chi connectivity index (χ1) is 18.9. The molecule has 0 spiro atoms. The Morgan fingerprint density at radius 2 is 1.49 bits per heavy atom. The third-order valence-corrected chi connectivity index (χ3v) is 6.45. The highest BCUT2D eigenvalue weighted by atomic mass is 16.6. The van der Waals surface area contributed by atoms with Gasteiger partial charge in [0.05, 0.1) is 16.4 Å². The molecule has 1 aliphatic rings. The molecule has 1 aliphatic heterocycles. The lowest BCUT2D eigenvalue weighted by molar-refractivity contribution is -0.384. The van der Waals surface area contributed by atoms with Crippen LogP contribution in [0.15, 0.2) is 115 Å². The minimum atomic E-state index is -1.68. The van der Waals surface area contributed by atoms with Gasteiger partial charge in [0.1, 0.15) is 11.8 Å². The summed E-state index contributed by atoms with van der Waals surface area (Å²) in [5.74, 6) is -5.16. The van der Waals surface area contributed by atoms with Gasteiger partial charge in [-0.15, -0.1) is 0 Å². The predicted octanol–water partition coefficient (Wildman–Crippen LogP) is 5.17. The molecule has 0 amide bonds. The van der Waals surface area contributed by atoms with Crippen molar-refractivity contribution in [2.45, 2.75) is 6.10 Å². The highest BCUT2D eigenvalue weighted by Gasteiger charge is 2.41. The van der Waals surface area contributed by atoms with Gasteiger partial charge in [0.15, 0.2) is 11.7 Å². The van der Waals surface area contributed by atoms with Crippen molar-refractivity contribution in [1.29, 1.82) is 0 Å². The Morgan fingerprint density at radius 3 is 2.23 bits per heavy atom. The molecule has 0 aliphatic carbocycles. The number of anilines is 1. The number of esters is 1. The summed E-state index contributed by atoms with van der Waals surface area (Å²) in [6.07, 6.45) is -1.33. The standard InChI is InChI=1S/C30H22N2O7/c33-26(20-13-5-4-12-19(20)18-10-2-1-3-11-18)25(28-21-14-6-7-15-22(21)30(36)39-28)27(34)29(35)31-23-16-8-9-17-24(23)32(37)38/h1-17,25,28,31,34-35H/p-1. The van der Waals surface area contributed by atoms with Crippen molar-refractivity contribution >= 4 is 23.1 Å². The normalized spacial score (nSPS) is 15.5. The van der Waals surface area contributed by atoms with Crippen molar-refractivity contribution in [3.8, 4) is 11.1 Å². The van der Waals surface area contributed by atoms with Gasteiger partial charge < -0.3 is 20.3 Å². The second-order valence-corrected chi connectivity index (χ2v) is 8.78. The second-order valence-electron chi connectivity index (χ2n) is 8.78. The molecule has 2 unspecified atom stereocenters. The van der Waals surface area contributed by atoms with Crippen LogP contribution in [0, 0.1) is 16.0 Å². The van der Waals surface area contributed by atoms with E-state index in [2.05, 4.69) is 5.32 Å². The minimum Gasteiger partial charge on any atom is -0.871 e. The van der Waals surface area contributed by atoms with Gasteiger partial charge in [-0.25, -0.2) is 4.79 Å². The first-order valence-electron chi connectivity index (χ1n) is 12.0. The van der Waals surface area contributed by atoms with Gasteiger partial charge in [-0.05, 0) is 23.3 Å². The maximum Gasteiger partial charge on any atom is 0.339 e. The number of aliphatic hydroxyl groups is 1. The summed E-state index contributed by atoms with van der Waals surface area (Å²) >= 11 is 0. The minimum absolute atomic E-state index is 0.145. The molecule has 5 rings (SSSR count). The number of fused-ring (bicyclic) bond motifs is 1. The molecule has 194 valence electrons. The van der Waals surface area contributed by atoms with Crippen LogP contribution in [0.3, 0.4) is 0 Å². The Bertz CT molecular complexity index is 1610. The molecule has 39 heavy (non-hydrogen) atoms. The zero-order valence-electron chi connectivity index (χ0n) is 20.3. The van der Waals surface area contributed by atoms with Gasteiger partial charge in [-0.3, -0.25) is 14.9 Å². The molecular formula is C30H21N2O7-. The van der Waals surface area contributed by atoms with E-state index in [0.717, 1.165) is 5.56 Å². The van der Waals surface area contributed by atoms with Crippen LogP contribution in [0.1, 0.15) is 32.4 Å². The summed E-state index contributed by atoms with van der Waals surface area (Å²) in [6, 6.07) is 27.6. The van der Waals surface area contributed by atoms with Crippen molar-refractivity contribution in [2.75, 3.05) is 5.32 Å². The SMILES string of the molecule is O=C1OC(C(C(=O)c2ccccc2-c2ccccc2)C([O-])=C(O)Nc2ccccc2[N+](=O)[O-])c2ccccc21.